The summed E-state index contributed by atoms with van der Waals surface area (Å²) in [4.78, 5) is 165. The summed E-state index contributed by atoms with van der Waals surface area (Å²) < 4.78 is 5.22. The highest BCUT2D eigenvalue weighted by molar-refractivity contribution is 8.76. The van der Waals surface area contributed by atoms with Crippen LogP contribution >= 0.6 is 21.6 Å². The second-order valence-corrected chi connectivity index (χ2v) is 26.5. The molecular formula is C67H78N12O12S2. The SMILES string of the molecule is CCNC(=O)C[C@H](CC(=O)CCCNC(=O)c1ccc(NCc2cnc3nc(C)[nH]c(=O)c3n2)cc1)C(=O)N[C@@H](CSSCCCC(=O)CC[C@@H]1c2nc(cc3[nH]c(cc4nc(cc5[nH]c6c(c5C)C(=O)C(C(=O)CO)c26)[C@H](CC)[C@H]4C)c(C(C)=O)c3C)[C@H]1C)OC=O. The average Bonchev–Trinajstić information content (AvgIpc) is 1.57. The average molecular weight is 1310 g/mol. The zero-order chi connectivity index (χ0) is 66.8. The van der Waals surface area contributed by atoms with Gasteiger partial charge in [-0.2, -0.15) is 0 Å². The molecule has 3 aliphatic rings. The van der Waals surface area contributed by atoms with Crippen molar-refractivity contribution in [2.45, 2.75) is 156 Å². The summed E-state index contributed by atoms with van der Waals surface area (Å²) in [5, 5.41) is 21.6. The van der Waals surface area contributed by atoms with Crippen molar-refractivity contribution >= 4 is 114 Å². The number of rotatable bonds is 31. The zero-order valence-electron chi connectivity index (χ0n) is 53.3. The molecule has 9 rings (SSSR count). The number of fused-ring (bicyclic) bond motifs is 9. The van der Waals surface area contributed by atoms with Crippen LogP contribution in [0.2, 0.25) is 0 Å². The molecule has 0 saturated heterocycles. The highest BCUT2D eigenvalue weighted by atomic mass is 33.1. The summed E-state index contributed by atoms with van der Waals surface area (Å²) in [6, 6.07) is 12.5. The number of hydrogen-bond donors (Lipinski definition) is 8. The number of ketones is 5. The van der Waals surface area contributed by atoms with Gasteiger partial charge in [-0.3, -0.25) is 57.9 Å². The fourth-order valence-electron chi connectivity index (χ4n) is 12.6. The van der Waals surface area contributed by atoms with Crippen molar-refractivity contribution in [1.82, 2.24) is 55.8 Å². The molecule has 3 amide bonds. The van der Waals surface area contributed by atoms with E-state index in [0.29, 0.717) is 104 Å². The number of nitrogens with zero attached hydrogens (tertiary/aromatic N) is 5. The summed E-state index contributed by atoms with van der Waals surface area (Å²) in [6.07, 6.45) is 2.12. The third kappa shape index (κ3) is 15.8. The molecule has 93 heavy (non-hydrogen) atoms. The Labute approximate surface area is 544 Å². The molecule has 8 bridgehead atoms. The van der Waals surface area contributed by atoms with Crippen LogP contribution in [0.3, 0.4) is 0 Å². The third-order valence-corrected chi connectivity index (χ3v) is 20.0. The van der Waals surface area contributed by atoms with Crippen molar-refractivity contribution in [2.75, 3.05) is 36.5 Å². The molecule has 7 heterocycles. The van der Waals surface area contributed by atoms with Gasteiger partial charge in [-0.15, -0.1) is 0 Å². The minimum Gasteiger partial charge on any atom is -0.443 e. The molecule has 490 valence electrons. The van der Waals surface area contributed by atoms with Gasteiger partial charge in [0, 0.05) is 131 Å². The highest BCUT2D eigenvalue weighted by Gasteiger charge is 2.44. The standard InChI is InChI=1S/C67H78N12O12S2/c1-9-45-33(3)47-27-52-56(37(7)82)35(5)49(76-52)25-48-34(4)46(60(77-48)59-58(53(85)30-80)63(87)57-36(6)50(78-61(57)59)26-51(45)75-47)20-19-43(83)14-12-22-92-93-31-55(91-32-81)79-66(89)40(24-54(86)68-10-2)23-44(84)13-11-21-69-65(88)39-15-17-41(18-16-39)70-28-42-29-71-64-62(74-42)67(90)73-38(8)72-64/h15-18,25-27,29,32-34,40,45-46,55,58,70,76,78,80H,9-14,19-24,28,30-31H2,1-8H3,(H,68,86)(H,69,88)(H,79,89)(H,71,72,73,90)/t33-,34+,40+,45-,46+,55-,58?/m1/s1. The van der Waals surface area contributed by atoms with Crippen molar-refractivity contribution in [3.63, 3.8) is 0 Å². The first-order chi connectivity index (χ1) is 44.6. The lowest BCUT2D eigenvalue weighted by Crippen LogP contribution is -2.43. The number of carbonyl (C=O) groups excluding carboxylic acids is 9. The Morgan fingerprint density at radius 2 is 1.49 bits per heavy atom. The Kier molecular flexibility index (Phi) is 22.7. The molecule has 1 unspecified atom stereocenters. The van der Waals surface area contributed by atoms with Gasteiger partial charge in [-0.1, -0.05) is 42.4 Å². The number of aryl methyl sites for hydroxylation is 3. The normalized spacial score (nSPS) is 17.2. The fourth-order valence-corrected chi connectivity index (χ4v) is 14.7. The van der Waals surface area contributed by atoms with Crippen molar-refractivity contribution in [3.8, 4) is 0 Å². The summed E-state index contributed by atoms with van der Waals surface area (Å²) >= 11 is 0. The molecule has 26 heteroatoms. The summed E-state index contributed by atoms with van der Waals surface area (Å²) in [5.41, 5.74) is 9.44. The number of amides is 3. The molecule has 7 atom stereocenters. The number of Topliss-reactive ketones (excluding diaryl/α,β-unsaturated/α-hetero) is 5. The number of aliphatic hydroxyl groups excluding tert-OH is 1. The van der Waals surface area contributed by atoms with E-state index < -0.39 is 54.0 Å². The topological polar surface area (TPSA) is 360 Å². The van der Waals surface area contributed by atoms with Gasteiger partial charge in [0.25, 0.3) is 17.9 Å². The summed E-state index contributed by atoms with van der Waals surface area (Å²) in [6.45, 7) is 14.9. The molecule has 1 aliphatic carbocycles. The van der Waals surface area contributed by atoms with Crippen LogP contribution in [0.25, 0.3) is 33.2 Å². The van der Waals surface area contributed by atoms with Crippen molar-refractivity contribution < 1.29 is 53.0 Å². The molecule has 0 fully saturated rings. The number of aromatic nitrogens is 8. The molecule has 8 N–H and O–H groups in total. The van der Waals surface area contributed by atoms with Gasteiger partial charge in [0.05, 0.1) is 46.8 Å². The van der Waals surface area contributed by atoms with Crippen LogP contribution in [0, 0.1) is 26.7 Å². The highest BCUT2D eigenvalue weighted by Crippen LogP contribution is 2.48. The monoisotopic (exact) mass is 1310 g/mol. The number of ether oxygens (including phenoxy) is 1. The van der Waals surface area contributed by atoms with E-state index in [1.165, 1.54) is 34.7 Å². The zero-order valence-corrected chi connectivity index (χ0v) is 55.0. The first-order valence-corrected chi connectivity index (χ1v) is 33.9. The van der Waals surface area contributed by atoms with E-state index >= 15 is 0 Å². The molecule has 5 aromatic heterocycles. The van der Waals surface area contributed by atoms with Gasteiger partial charge >= 0.3 is 0 Å². The predicted molar refractivity (Wildman–Crippen MR) is 354 cm³/mol. The number of anilines is 1. The van der Waals surface area contributed by atoms with E-state index in [0.717, 1.165) is 23.4 Å². The van der Waals surface area contributed by atoms with Gasteiger partial charge in [0.2, 0.25) is 11.8 Å². The molecule has 0 radical (unpaired) electrons. The third-order valence-electron chi connectivity index (χ3n) is 17.5. The minimum absolute atomic E-state index is 0.0109. The van der Waals surface area contributed by atoms with E-state index in [2.05, 4.69) is 65.0 Å². The van der Waals surface area contributed by atoms with Crippen LogP contribution in [0.15, 0.2) is 53.5 Å². The van der Waals surface area contributed by atoms with Crippen LogP contribution in [0.5, 0.6) is 0 Å². The lowest BCUT2D eigenvalue weighted by Gasteiger charge is -2.21. The molecular weight excluding hydrogens is 1230 g/mol. The van der Waals surface area contributed by atoms with Gasteiger partial charge in [0.1, 0.15) is 29.9 Å². The minimum atomic E-state index is -1.31. The summed E-state index contributed by atoms with van der Waals surface area (Å²) in [7, 11) is 2.71. The Balaban J connectivity index is 0.779. The van der Waals surface area contributed by atoms with E-state index in [-0.39, 0.29) is 122 Å². The molecule has 24 nitrogen and oxygen atoms in total. The first-order valence-electron chi connectivity index (χ1n) is 31.4. The Morgan fingerprint density at radius 1 is 0.785 bits per heavy atom. The second-order valence-electron chi connectivity index (χ2n) is 23.9. The van der Waals surface area contributed by atoms with Crippen LogP contribution in [0.4, 0.5) is 5.69 Å². The van der Waals surface area contributed by atoms with Gasteiger partial charge in [-0.05, 0) is 114 Å². The van der Waals surface area contributed by atoms with E-state index in [9.17, 15) is 53.1 Å². The Hall–Kier alpha value is -8.75. The van der Waals surface area contributed by atoms with Gasteiger partial charge in [0.15, 0.2) is 34.7 Å². The van der Waals surface area contributed by atoms with E-state index in [1.807, 2.05) is 39.0 Å². The van der Waals surface area contributed by atoms with Crippen LogP contribution in [-0.2, 0) is 40.0 Å². The predicted octanol–water partition coefficient (Wildman–Crippen LogP) is 8.55. The van der Waals surface area contributed by atoms with Gasteiger partial charge in [-0.25, -0.2) is 15.0 Å². The molecule has 0 saturated carbocycles. The van der Waals surface area contributed by atoms with E-state index in [1.54, 1.807) is 38.1 Å². The molecule has 0 spiro atoms. The molecule has 2 aliphatic heterocycles. The van der Waals surface area contributed by atoms with E-state index in [4.69, 9.17) is 14.7 Å². The van der Waals surface area contributed by atoms with Crippen molar-refractivity contribution in [1.29, 1.82) is 0 Å². The number of carbonyl (C=O) groups is 9. The Morgan fingerprint density at radius 3 is 2.22 bits per heavy atom. The maximum absolute atomic E-state index is 14.5. The molecule has 6 aromatic rings. The largest absolute Gasteiger partial charge is 0.443 e. The second kappa shape index (κ2) is 30.8. The smallest absolute Gasteiger partial charge is 0.295 e. The maximum atomic E-state index is 14.5. The first kappa shape index (κ1) is 68.6. The number of nitrogens with one attached hydrogen (secondary N) is 7. The van der Waals surface area contributed by atoms with Crippen LogP contribution in [-0.4, -0.2) is 136 Å². The maximum Gasteiger partial charge on any atom is 0.295 e. The van der Waals surface area contributed by atoms with Gasteiger partial charge < -0.3 is 46.1 Å². The number of aromatic amines is 3. The number of aliphatic hydroxyl groups is 1. The van der Waals surface area contributed by atoms with Crippen LogP contribution in [0.1, 0.15) is 204 Å². The summed E-state index contributed by atoms with van der Waals surface area (Å²) in [5.74, 6) is -4.99. The van der Waals surface area contributed by atoms with Crippen LogP contribution < -0.4 is 26.8 Å². The van der Waals surface area contributed by atoms with Crippen molar-refractivity contribution in [3.05, 3.63) is 127 Å². The van der Waals surface area contributed by atoms with Crippen molar-refractivity contribution in [2.24, 2.45) is 5.92 Å². The Bertz CT molecular complexity index is 4150. The lowest BCUT2D eigenvalue weighted by atomic mass is 9.82. The fraction of sp³-hybridized carbons (Fsp3) is 0.448. The quantitative estimate of drug-likeness (QED) is 0.00504. The molecule has 1 aromatic carbocycles. The lowest BCUT2D eigenvalue weighted by molar-refractivity contribution is -0.141. The number of H-pyrrole nitrogens is 3. The number of benzene rings is 1. The number of hydrogen-bond acceptors (Lipinski definition) is 20.